The number of amides is 1. The molecule has 1 saturated heterocycles. The van der Waals surface area contributed by atoms with E-state index in [1.807, 2.05) is 25.2 Å². The molecule has 31 heavy (non-hydrogen) atoms. The molecule has 0 unspecified atom stereocenters. The van der Waals surface area contributed by atoms with Gasteiger partial charge in [0.05, 0.1) is 13.2 Å². The second-order valence-corrected chi connectivity index (χ2v) is 8.79. The van der Waals surface area contributed by atoms with Crippen LogP contribution in [0.5, 0.6) is 0 Å². The second-order valence-electron chi connectivity index (χ2n) is 8.79. The molecule has 1 aromatic rings. The molecule has 3 N–H and O–H groups in total. The molecule has 172 valence electrons. The van der Waals surface area contributed by atoms with Crippen molar-refractivity contribution in [2.24, 2.45) is 10.4 Å². The number of nitrogens with one attached hydrogen (secondary N) is 3. The number of morpholine rings is 1. The number of guanidine groups is 1. The fraction of sp³-hybridized carbons (Fsp3) is 0.667. The highest BCUT2D eigenvalue weighted by atomic mass is 16.5. The van der Waals surface area contributed by atoms with Crippen LogP contribution in [0.25, 0.3) is 0 Å². The van der Waals surface area contributed by atoms with E-state index in [-0.39, 0.29) is 5.91 Å². The summed E-state index contributed by atoms with van der Waals surface area (Å²) >= 11 is 0. The summed E-state index contributed by atoms with van der Waals surface area (Å²) in [6.07, 6.45) is 7.00. The average molecular weight is 430 g/mol. The number of nitrogens with zero attached hydrogens (tertiary/aromatic N) is 2. The Morgan fingerprint density at radius 1 is 1.19 bits per heavy atom. The third kappa shape index (κ3) is 7.51. The predicted octanol–water partition coefficient (Wildman–Crippen LogP) is 2.98. The first-order chi connectivity index (χ1) is 15.1. The van der Waals surface area contributed by atoms with Crippen LogP contribution in [0.2, 0.25) is 0 Å². The van der Waals surface area contributed by atoms with Crippen molar-refractivity contribution in [1.82, 2.24) is 15.5 Å². The Balaban J connectivity index is 1.43. The number of anilines is 1. The molecule has 0 aromatic heterocycles. The van der Waals surface area contributed by atoms with Crippen LogP contribution in [-0.2, 0) is 16.1 Å². The lowest BCUT2D eigenvalue weighted by Gasteiger charge is -2.28. The zero-order valence-electron chi connectivity index (χ0n) is 19.2. The highest BCUT2D eigenvalue weighted by Gasteiger charge is 2.31. The molecule has 3 rings (SSSR count). The highest BCUT2D eigenvalue weighted by Crippen LogP contribution is 2.40. The SMILES string of the molecule is CCC1(CNC(=NC)NCc2cccc(NC(=O)CCN3CCOCC3)c2)CCCC1. The fourth-order valence-electron chi connectivity index (χ4n) is 4.52. The van der Waals surface area contributed by atoms with Crippen molar-refractivity contribution in [3.8, 4) is 0 Å². The number of hydrogen-bond acceptors (Lipinski definition) is 4. The molecular formula is C24H39N5O2. The van der Waals surface area contributed by atoms with Crippen LogP contribution >= 0.6 is 0 Å². The Labute approximate surface area is 187 Å². The summed E-state index contributed by atoms with van der Waals surface area (Å²) in [6, 6.07) is 8.01. The molecule has 1 aromatic carbocycles. The normalized spacial score (nSPS) is 19.2. The van der Waals surface area contributed by atoms with Crippen LogP contribution < -0.4 is 16.0 Å². The number of aliphatic imine (C=N–C) groups is 1. The van der Waals surface area contributed by atoms with E-state index in [0.717, 1.165) is 56.6 Å². The van der Waals surface area contributed by atoms with E-state index in [1.165, 1.54) is 32.1 Å². The minimum Gasteiger partial charge on any atom is -0.379 e. The highest BCUT2D eigenvalue weighted by molar-refractivity contribution is 5.90. The lowest BCUT2D eigenvalue weighted by atomic mass is 9.83. The van der Waals surface area contributed by atoms with Gasteiger partial charge in [0.15, 0.2) is 5.96 Å². The van der Waals surface area contributed by atoms with Crippen molar-refractivity contribution in [2.45, 2.75) is 52.0 Å². The van der Waals surface area contributed by atoms with Gasteiger partial charge in [0.25, 0.3) is 0 Å². The molecule has 7 heteroatoms. The summed E-state index contributed by atoms with van der Waals surface area (Å²) in [4.78, 5) is 19.0. The molecule has 2 fully saturated rings. The maximum atomic E-state index is 12.3. The van der Waals surface area contributed by atoms with Crippen LogP contribution in [0.15, 0.2) is 29.3 Å². The molecule has 0 radical (unpaired) electrons. The van der Waals surface area contributed by atoms with Crippen LogP contribution in [-0.4, -0.2) is 63.2 Å². The third-order valence-corrected chi connectivity index (χ3v) is 6.70. The summed E-state index contributed by atoms with van der Waals surface area (Å²) in [7, 11) is 1.81. The molecular weight excluding hydrogens is 390 g/mol. The summed E-state index contributed by atoms with van der Waals surface area (Å²) < 4.78 is 5.35. The quantitative estimate of drug-likeness (QED) is 0.416. The lowest BCUT2D eigenvalue weighted by molar-refractivity contribution is -0.116. The van der Waals surface area contributed by atoms with E-state index in [1.54, 1.807) is 0 Å². The van der Waals surface area contributed by atoms with E-state index in [4.69, 9.17) is 4.74 Å². The summed E-state index contributed by atoms with van der Waals surface area (Å²) in [5.41, 5.74) is 2.37. The van der Waals surface area contributed by atoms with Gasteiger partial charge in [-0.15, -0.1) is 0 Å². The second kappa shape index (κ2) is 12.1. The van der Waals surface area contributed by atoms with E-state index in [0.29, 0.717) is 18.4 Å². The van der Waals surface area contributed by atoms with Crippen LogP contribution in [0.4, 0.5) is 5.69 Å². The van der Waals surface area contributed by atoms with Crippen molar-refractivity contribution in [3.05, 3.63) is 29.8 Å². The van der Waals surface area contributed by atoms with E-state index in [2.05, 4.69) is 38.8 Å². The predicted molar refractivity (Wildman–Crippen MR) is 126 cm³/mol. The summed E-state index contributed by atoms with van der Waals surface area (Å²) in [6.45, 7) is 8.04. The van der Waals surface area contributed by atoms with Gasteiger partial charge in [-0.05, 0) is 42.4 Å². The maximum absolute atomic E-state index is 12.3. The van der Waals surface area contributed by atoms with Gasteiger partial charge in [0, 0.05) is 51.9 Å². The molecule has 0 bridgehead atoms. The molecule has 1 heterocycles. The number of carbonyl (C=O) groups is 1. The van der Waals surface area contributed by atoms with Gasteiger partial charge in [0.1, 0.15) is 0 Å². The molecule has 0 spiro atoms. The van der Waals surface area contributed by atoms with E-state index in [9.17, 15) is 4.79 Å². The number of rotatable bonds is 9. The Kier molecular flexibility index (Phi) is 9.15. The van der Waals surface area contributed by atoms with Crippen molar-refractivity contribution >= 4 is 17.6 Å². The molecule has 1 aliphatic heterocycles. The Morgan fingerprint density at radius 3 is 2.68 bits per heavy atom. The molecule has 0 atom stereocenters. The minimum absolute atomic E-state index is 0.0514. The van der Waals surface area contributed by atoms with Crippen molar-refractivity contribution in [2.75, 3.05) is 51.8 Å². The minimum atomic E-state index is 0.0514. The average Bonchev–Trinajstić information content (AvgIpc) is 3.28. The molecule has 1 aliphatic carbocycles. The smallest absolute Gasteiger partial charge is 0.225 e. The largest absolute Gasteiger partial charge is 0.379 e. The number of hydrogen-bond donors (Lipinski definition) is 3. The third-order valence-electron chi connectivity index (χ3n) is 6.70. The molecule has 7 nitrogen and oxygen atoms in total. The maximum Gasteiger partial charge on any atom is 0.225 e. The first kappa shape index (κ1) is 23.5. The Hall–Kier alpha value is -2.12. The van der Waals surface area contributed by atoms with Gasteiger partial charge in [-0.1, -0.05) is 31.9 Å². The topological polar surface area (TPSA) is 78.0 Å². The number of carbonyl (C=O) groups excluding carboxylic acids is 1. The summed E-state index contributed by atoms with van der Waals surface area (Å²) in [5, 5.41) is 9.96. The van der Waals surface area contributed by atoms with E-state index < -0.39 is 0 Å². The lowest BCUT2D eigenvalue weighted by Crippen LogP contribution is -2.42. The monoisotopic (exact) mass is 429 g/mol. The van der Waals surface area contributed by atoms with Crippen LogP contribution in [0.3, 0.4) is 0 Å². The van der Waals surface area contributed by atoms with Gasteiger partial charge in [0.2, 0.25) is 5.91 Å². The first-order valence-electron chi connectivity index (χ1n) is 11.8. The van der Waals surface area contributed by atoms with Gasteiger partial charge >= 0.3 is 0 Å². The molecule has 1 saturated carbocycles. The van der Waals surface area contributed by atoms with Crippen molar-refractivity contribution < 1.29 is 9.53 Å². The van der Waals surface area contributed by atoms with Crippen LogP contribution in [0.1, 0.15) is 51.0 Å². The van der Waals surface area contributed by atoms with Gasteiger partial charge < -0.3 is 20.7 Å². The Morgan fingerprint density at radius 2 is 1.97 bits per heavy atom. The molecule has 2 aliphatic rings. The van der Waals surface area contributed by atoms with E-state index >= 15 is 0 Å². The van der Waals surface area contributed by atoms with Gasteiger partial charge in [-0.25, -0.2) is 0 Å². The standard InChI is InChI=1S/C24H39N5O2/c1-3-24(10-4-5-11-24)19-27-23(25-2)26-18-20-7-6-8-21(17-20)28-22(30)9-12-29-13-15-31-16-14-29/h6-8,17H,3-5,9-16,18-19H2,1-2H3,(H,28,30)(H2,25,26,27). The van der Waals surface area contributed by atoms with Gasteiger partial charge in [-0.3, -0.25) is 14.7 Å². The summed E-state index contributed by atoms with van der Waals surface area (Å²) in [5.74, 6) is 0.884. The zero-order chi connectivity index (χ0) is 21.9. The van der Waals surface area contributed by atoms with Crippen LogP contribution in [0, 0.1) is 5.41 Å². The van der Waals surface area contributed by atoms with Crippen molar-refractivity contribution in [1.29, 1.82) is 0 Å². The molecule has 1 amide bonds. The van der Waals surface area contributed by atoms with Gasteiger partial charge in [-0.2, -0.15) is 0 Å². The van der Waals surface area contributed by atoms with Crippen molar-refractivity contribution in [3.63, 3.8) is 0 Å². The fourth-order valence-corrected chi connectivity index (χ4v) is 4.52. The first-order valence-corrected chi connectivity index (χ1v) is 11.8. The number of ether oxygens (including phenoxy) is 1. The zero-order valence-corrected chi connectivity index (χ0v) is 19.2. The Bertz CT molecular complexity index is 724. The number of benzene rings is 1.